The van der Waals surface area contributed by atoms with Crippen LogP contribution in [0.2, 0.25) is 0 Å². The van der Waals surface area contributed by atoms with Crippen molar-refractivity contribution >= 4 is 0 Å². The first-order valence-corrected chi connectivity index (χ1v) is 5.36. The Labute approximate surface area is 89.8 Å². The fourth-order valence-electron chi connectivity index (χ4n) is 2.12. The minimum atomic E-state index is -0.384. The van der Waals surface area contributed by atoms with Gasteiger partial charge in [-0.2, -0.15) is 0 Å². The summed E-state index contributed by atoms with van der Waals surface area (Å²) < 4.78 is 0. The second kappa shape index (κ2) is 4.31. The van der Waals surface area contributed by atoms with Gasteiger partial charge in [-0.15, -0.1) is 0 Å². The summed E-state index contributed by atoms with van der Waals surface area (Å²) in [6.45, 7) is 2.25. The molecule has 1 aliphatic carbocycles. The molecule has 0 spiro atoms. The van der Waals surface area contributed by atoms with E-state index in [4.69, 9.17) is 0 Å². The molecular weight excluding hydrogens is 190 g/mol. The molecule has 0 fully saturated rings. The first kappa shape index (κ1) is 10.6. The molecule has 82 valence electrons. The van der Waals surface area contributed by atoms with Gasteiger partial charge in [-0.25, -0.2) is 0 Å². The van der Waals surface area contributed by atoms with Crippen molar-refractivity contribution in [1.82, 2.24) is 5.32 Å². The predicted molar refractivity (Wildman–Crippen MR) is 58.6 cm³/mol. The molecule has 0 saturated heterocycles. The summed E-state index contributed by atoms with van der Waals surface area (Å²) in [4.78, 5) is 0. The third kappa shape index (κ3) is 2.20. The lowest BCUT2D eigenvalue weighted by molar-refractivity contribution is 0.125. The van der Waals surface area contributed by atoms with Crippen LogP contribution in [0.25, 0.3) is 0 Å². The molecule has 0 unspecified atom stereocenters. The van der Waals surface area contributed by atoms with Crippen LogP contribution >= 0.6 is 0 Å². The highest BCUT2D eigenvalue weighted by atomic mass is 16.3. The summed E-state index contributed by atoms with van der Waals surface area (Å²) in [6.07, 6.45) is -0.0562. The van der Waals surface area contributed by atoms with Crippen LogP contribution in [0.4, 0.5) is 0 Å². The van der Waals surface area contributed by atoms with E-state index in [0.29, 0.717) is 13.0 Å². The summed E-state index contributed by atoms with van der Waals surface area (Å²) in [5, 5.41) is 22.3. The van der Waals surface area contributed by atoms with E-state index in [0.717, 1.165) is 5.56 Å². The van der Waals surface area contributed by atoms with Crippen LogP contribution in [-0.2, 0) is 6.42 Å². The van der Waals surface area contributed by atoms with Crippen molar-refractivity contribution in [3.05, 3.63) is 35.4 Å². The molecule has 0 radical (unpaired) electrons. The molecule has 1 aromatic carbocycles. The molecular formula is C12H17NO2. The average molecular weight is 207 g/mol. The molecule has 0 aromatic heterocycles. The summed E-state index contributed by atoms with van der Waals surface area (Å²) >= 11 is 0. The minimum Gasteiger partial charge on any atom is -0.392 e. The lowest BCUT2D eigenvalue weighted by Gasteiger charge is -2.18. The van der Waals surface area contributed by atoms with Crippen LogP contribution in [0, 0.1) is 0 Å². The molecule has 3 atom stereocenters. The molecule has 2 rings (SSSR count). The molecule has 0 saturated carbocycles. The highest BCUT2D eigenvalue weighted by Gasteiger charge is 2.30. The van der Waals surface area contributed by atoms with E-state index in [-0.39, 0.29) is 18.2 Å². The molecule has 0 aliphatic heterocycles. The molecule has 0 amide bonds. The van der Waals surface area contributed by atoms with E-state index >= 15 is 0 Å². The first-order valence-electron chi connectivity index (χ1n) is 5.36. The van der Waals surface area contributed by atoms with Crippen molar-refractivity contribution < 1.29 is 10.2 Å². The summed E-state index contributed by atoms with van der Waals surface area (Å²) in [6, 6.07) is 8.01. The number of nitrogens with one attached hydrogen (secondary N) is 1. The van der Waals surface area contributed by atoms with E-state index in [1.165, 1.54) is 5.56 Å². The Morgan fingerprint density at radius 2 is 2.20 bits per heavy atom. The lowest BCUT2D eigenvalue weighted by Crippen LogP contribution is -2.33. The van der Waals surface area contributed by atoms with Gasteiger partial charge in [0, 0.05) is 13.0 Å². The first-order chi connectivity index (χ1) is 7.18. The Morgan fingerprint density at radius 1 is 1.47 bits per heavy atom. The van der Waals surface area contributed by atoms with Crippen molar-refractivity contribution in [3.63, 3.8) is 0 Å². The van der Waals surface area contributed by atoms with Gasteiger partial charge in [0.1, 0.15) is 0 Å². The normalized spacial score (nSPS) is 26.3. The maximum Gasteiger partial charge on any atom is 0.0775 e. The van der Waals surface area contributed by atoms with E-state index in [2.05, 4.69) is 5.32 Å². The van der Waals surface area contributed by atoms with Gasteiger partial charge in [-0.3, -0.25) is 0 Å². The van der Waals surface area contributed by atoms with Crippen molar-refractivity contribution in [2.45, 2.75) is 31.6 Å². The van der Waals surface area contributed by atoms with Crippen LogP contribution in [-0.4, -0.2) is 29.0 Å². The predicted octanol–water partition coefficient (Wildman–Crippen LogP) is 0.615. The van der Waals surface area contributed by atoms with Gasteiger partial charge in [-0.1, -0.05) is 24.3 Å². The Morgan fingerprint density at radius 3 is 2.93 bits per heavy atom. The van der Waals surface area contributed by atoms with Crippen molar-refractivity contribution in [1.29, 1.82) is 0 Å². The largest absolute Gasteiger partial charge is 0.392 e. The summed E-state index contributed by atoms with van der Waals surface area (Å²) in [7, 11) is 0. The maximum atomic E-state index is 9.88. The van der Waals surface area contributed by atoms with Gasteiger partial charge < -0.3 is 15.5 Å². The maximum absolute atomic E-state index is 9.88. The molecule has 0 bridgehead atoms. The van der Waals surface area contributed by atoms with Gasteiger partial charge in [0.25, 0.3) is 0 Å². The third-order valence-electron chi connectivity index (χ3n) is 2.84. The minimum absolute atomic E-state index is 0.0317. The van der Waals surface area contributed by atoms with Crippen molar-refractivity contribution in [2.24, 2.45) is 0 Å². The molecule has 3 nitrogen and oxygen atoms in total. The van der Waals surface area contributed by atoms with Crippen molar-refractivity contribution in [3.8, 4) is 0 Å². The lowest BCUT2D eigenvalue weighted by atomic mass is 10.1. The van der Waals surface area contributed by atoms with Gasteiger partial charge in [-0.05, 0) is 18.1 Å². The van der Waals surface area contributed by atoms with E-state index in [1.54, 1.807) is 6.92 Å². The Balaban J connectivity index is 2.11. The highest BCUT2D eigenvalue weighted by Crippen LogP contribution is 2.30. The summed E-state index contributed by atoms with van der Waals surface area (Å²) in [5.74, 6) is 0. The van der Waals surface area contributed by atoms with Crippen LogP contribution in [0.3, 0.4) is 0 Å². The number of hydrogen-bond acceptors (Lipinski definition) is 3. The molecule has 1 aromatic rings. The highest BCUT2D eigenvalue weighted by molar-refractivity contribution is 5.36. The molecule has 15 heavy (non-hydrogen) atoms. The zero-order valence-electron chi connectivity index (χ0n) is 8.85. The molecule has 3 heteroatoms. The monoisotopic (exact) mass is 207 g/mol. The van der Waals surface area contributed by atoms with Gasteiger partial charge in [0.05, 0.1) is 18.2 Å². The molecule has 1 aliphatic rings. The Bertz CT molecular complexity index is 338. The fourth-order valence-corrected chi connectivity index (χ4v) is 2.12. The van der Waals surface area contributed by atoms with Gasteiger partial charge in [0.15, 0.2) is 0 Å². The topological polar surface area (TPSA) is 52.5 Å². The Hall–Kier alpha value is -0.900. The smallest absolute Gasteiger partial charge is 0.0775 e. The van der Waals surface area contributed by atoms with E-state index in [9.17, 15) is 10.2 Å². The third-order valence-corrected chi connectivity index (χ3v) is 2.84. The Kier molecular flexibility index (Phi) is 3.05. The van der Waals surface area contributed by atoms with Crippen LogP contribution in [0.5, 0.6) is 0 Å². The second-order valence-electron chi connectivity index (χ2n) is 4.21. The molecule has 3 N–H and O–H groups in total. The standard InChI is InChI=1S/C12H17NO2/c1-8(14)7-13-12-10-5-3-2-4-9(10)6-11(12)15/h2-5,8,11-15H,6-7H2,1H3/t8-,11-,12-/m0/s1. The summed E-state index contributed by atoms with van der Waals surface area (Å²) in [5.41, 5.74) is 2.36. The van der Waals surface area contributed by atoms with E-state index in [1.807, 2.05) is 24.3 Å². The quantitative estimate of drug-likeness (QED) is 0.681. The molecule has 0 heterocycles. The van der Waals surface area contributed by atoms with Crippen LogP contribution in [0.15, 0.2) is 24.3 Å². The van der Waals surface area contributed by atoms with E-state index < -0.39 is 0 Å². The number of aliphatic hydroxyl groups excluding tert-OH is 2. The number of aliphatic hydroxyl groups is 2. The SMILES string of the molecule is C[C@H](O)CN[C@H]1c2ccccc2C[C@@H]1O. The van der Waals surface area contributed by atoms with Crippen molar-refractivity contribution in [2.75, 3.05) is 6.54 Å². The zero-order chi connectivity index (χ0) is 10.8. The number of rotatable bonds is 3. The van der Waals surface area contributed by atoms with Gasteiger partial charge >= 0.3 is 0 Å². The van der Waals surface area contributed by atoms with Crippen LogP contribution < -0.4 is 5.32 Å². The number of benzene rings is 1. The van der Waals surface area contributed by atoms with Gasteiger partial charge in [0.2, 0.25) is 0 Å². The number of hydrogen-bond donors (Lipinski definition) is 3. The number of fused-ring (bicyclic) bond motifs is 1. The second-order valence-corrected chi connectivity index (χ2v) is 4.21. The van der Waals surface area contributed by atoms with Crippen LogP contribution in [0.1, 0.15) is 24.1 Å². The zero-order valence-corrected chi connectivity index (χ0v) is 8.85. The fraction of sp³-hybridized carbons (Fsp3) is 0.500. The average Bonchev–Trinajstić information content (AvgIpc) is 2.50.